The Morgan fingerprint density at radius 3 is 3.00 bits per heavy atom. The molecule has 1 saturated heterocycles. The summed E-state index contributed by atoms with van der Waals surface area (Å²) in [4.78, 5) is 12.1. The molecule has 0 radical (unpaired) electrons. The van der Waals surface area contributed by atoms with Crippen LogP contribution < -0.4 is 10.9 Å². The van der Waals surface area contributed by atoms with E-state index in [2.05, 4.69) is 17.3 Å². The van der Waals surface area contributed by atoms with E-state index in [1.54, 1.807) is 6.20 Å². The molecule has 0 spiro atoms. The largest absolute Gasteiger partial charge is 0.382 e. The molecule has 0 amide bonds. The Bertz CT molecular complexity index is 516. The molecule has 0 saturated carbocycles. The van der Waals surface area contributed by atoms with Crippen LogP contribution >= 0.6 is 11.6 Å². The number of aromatic nitrogens is 2. The zero-order valence-corrected chi connectivity index (χ0v) is 13.0. The van der Waals surface area contributed by atoms with Crippen molar-refractivity contribution >= 4 is 17.3 Å². The molecule has 0 aromatic carbocycles. The molecule has 2 unspecified atom stereocenters. The van der Waals surface area contributed by atoms with Crippen molar-refractivity contribution in [2.24, 2.45) is 5.92 Å². The van der Waals surface area contributed by atoms with Gasteiger partial charge in [-0.1, -0.05) is 18.5 Å². The smallest absolute Gasteiger partial charge is 0.287 e. The molecule has 1 aliphatic rings. The van der Waals surface area contributed by atoms with Crippen LogP contribution in [0.4, 0.5) is 5.69 Å². The van der Waals surface area contributed by atoms with Gasteiger partial charge in [0.05, 0.1) is 24.0 Å². The average Bonchev–Trinajstić information content (AvgIpc) is 2.87. The molecule has 112 valence electrons. The van der Waals surface area contributed by atoms with Gasteiger partial charge in [-0.15, -0.1) is 0 Å². The van der Waals surface area contributed by atoms with E-state index in [1.807, 2.05) is 13.8 Å². The maximum atomic E-state index is 12.1. The summed E-state index contributed by atoms with van der Waals surface area (Å²) in [5.41, 5.74) is 0.358. The van der Waals surface area contributed by atoms with Crippen molar-refractivity contribution < 1.29 is 4.74 Å². The first kappa shape index (κ1) is 15.3. The number of hydrogen-bond donors (Lipinski definition) is 1. The van der Waals surface area contributed by atoms with Gasteiger partial charge >= 0.3 is 0 Å². The van der Waals surface area contributed by atoms with Crippen LogP contribution in [0.25, 0.3) is 0 Å². The average molecular weight is 300 g/mol. The van der Waals surface area contributed by atoms with Crippen molar-refractivity contribution in [1.82, 2.24) is 9.78 Å². The van der Waals surface area contributed by atoms with Crippen LogP contribution in [-0.2, 0) is 4.74 Å². The van der Waals surface area contributed by atoms with Crippen LogP contribution in [0.5, 0.6) is 0 Å². The van der Waals surface area contributed by atoms with Crippen LogP contribution in [0, 0.1) is 5.92 Å². The first-order chi connectivity index (χ1) is 9.54. The molecule has 1 aromatic rings. The fourth-order valence-corrected chi connectivity index (χ4v) is 2.76. The highest BCUT2D eigenvalue weighted by Gasteiger charge is 2.26. The van der Waals surface area contributed by atoms with Gasteiger partial charge < -0.3 is 10.1 Å². The van der Waals surface area contributed by atoms with Crippen molar-refractivity contribution in [3.63, 3.8) is 0 Å². The van der Waals surface area contributed by atoms with Crippen LogP contribution in [0.3, 0.4) is 0 Å². The number of ether oxygens (including phenoxy) is 1. The van der Waals surface area contributed by atoms with Crippen LogP contribution in [0.1, 0.15) is 39.7 Å². The van der Waals surface area contributed by atoms with Crippen molar-refractivity contribution in [3.05, 3.63) is 21.6 Å². The van der Waals surface area contributed by atoms with E-state index in [9.17, 15) is 4.79 Å². The van der Waals surface area contributed by atoms with Crippen molar-refractivity contribution in [1.29, 1.82) is 0 Å². The Balaban J connectivity index is 2.07. The van der Waals surface area contributed by atoms with Gasteiger partial charge in [0.2, 0.25) is 0 Å². The Kier molecular flexibility index (Phi) is 5.05. The lowest BCUT2D eigenvalue weighted by Crippen LogP contribution is -2.27. The van der Waals surface area contributed by atoms with Crippen molar-refractivity contribution in [2.75, 3.05) is 18.5 Å². The Hall–Kier alpha value is -1.07. The molecule has 2 heterocycles. The van der Waals surface area contributed by atoms with Crippen LogP contribution in [-0.4, -0.2) is 29.0 Å². The molecule has 5 nitrogen and oxygen atoms in total. The Morgan fingerprint density at radius 1 is 1.60 bits per heavy atom. The van der Waals surface area contributed by atoms with Crippen LogP contribution in [0.2, 0.25) is 5.02 Å². The summed E-state index contributed by atoms with van der Waals surface area (Å²) < 4.78 is 7.04. The molecule has 0 bridgehead atoms. The number of rotatable bonds is 5. The van der Waals surface area contributed by atoms with Gasteiger partial charge in [0.25, 0.3) is 5.56 Å². The molecule has 1 aliphatic heterocycles. The minimum absolute atomic E-state index is 0.00162. The zero-order valence-electron chi connectivity index (χ0n) is 12.2. The molecular formula is C14H22ClN3O2. The van der Waals surface area contributed by atoms with E-state index >= 15 is 0 Å². The second kappa shape index (κ2) is 6.59. The monoisotopic (exact) mass is 299 g/mol. The molecule has 2 rings (SSSR count). The highest BCUT2D eigenvalue weighted by molar-refractivity contribution is 6.32. The van der Waals surface area contributed by atoms with Gasteiger partial charge in [0.1, 0.15) is 5.02 Å². The molecule has 2 atom stereocenters. The quantitative estimate of drug-likeness (QED) is 0.908. The predicted octanol–water partition coefficient (Wildman–Crippen LogP) is 2.70. The van der Waals surface area contributed by atoms with E-state index in [0.717, 1.165) is 26.0 Å². The number of hydrogen-bond acceptors (Lipinski definition) is 4. The Morgan fingerprint density at radius 2 is 2.35 bits per heavy atom. The maximum absolute atomic E-state index is 12.1. The summed E-state index contributed by atoms with van der Waals surface area (Å²) in [6.07, 6.45) is 3.97. The molecular weight excluding hydrogens is 278 g/mol. The zero-order chi connectivity index (χ0) is 14.7. The normalized spacial score (nSPS) is 22.4. The molecule has 1 N–H and O–H groups in total. The van der Waals surface area contributed by atoms with E-state index in [0.29, 0.717) is 17.7 Å². The summed E-state index contributed by atoms with van der Waals surface area (Å²) in [6.45, 7) is 7.50. The third-order valence-corrected chi connectivity index (χ3v) is 4.10. The van der Waals surface area contributed by atoms with Gasteiger partial charge in [0.15, 0.2) is 0 Å². The minimum Gasteiger partial charge on any atom is -0.382 e. The van der Waals surface area contributed by atoms with Gasteiger partial charge in [-0.25, -0.2) is 4.68 Å². The fraction of sp³-hybridized carbons (Fsp3) is 0.714. The number of halogens is 1. The predicted molar refractivity (Wildman–Crippen MR) is 80.5 cm³/mol. The highest BCUT2D eigenvalue weighted by atomic mass is 35.5. The summed E-state index contributed by atoms with van der Waals surface area (Å²) >= 11 is 6.13. The standard InChI is InChI=1S/C14H22ClN3O2/c1-4-12-10(5-6-20-12)7-16-11-8-17-18(9(2)3)14(19)13(11)15/h8-10,12,16H,4-7H2,1-3H3. The SMILES string of the molecule is CCC1OCCC1CNc1cnn(C(C)C)c(=O)c1Cl. The van der Waals surface area contributed by atoms with E-state index in [4.69, 9.17) is 16.3 Å². The number of nitrogens with one attached hydrogen (secondary N) is 1. The first-order valence-electron chi connectivity index (χ1n) is 7.17. The second-order valence-corrected chi connectivity index (χ2v) is 5.84. The van der Waals surface area contributed by atoms with Crippen molar-refractivity contribution in [3.8, 4) is 0 Å². The summed E-state index contributed by atoms with van der Waals surface area (Å²) in [5, 5.41) is 7.60. The lowest BCUT2D eigenvalue weighted by atomic mass is 10.00. The number of nitrogens with zero attached hydrogens (tertiary/aromatic N) is 2. The van der Waals surface area contributed by atoms with Crippen LogP contribution in [0.15, 0.2) is 11.0 Å². The lowest BCUT2D eigenvalue weighted by molar-refractivity contribution is 0.0900. The molecule has 20 heavy (non-hydrogen) atoms. The highest BCUT2D eigenvalue weighted by Crippen LogP contribution is 2.25. The molecule has 1 aromatic heterocycles. The van der Waals surface area contributed by atoms with Gasteiger partial charge in [0, 0.05) is 19.1 Å². The summed E-state index contributed by atoms with van der Waals surface area (Å²) in [6, 6.07) is 0.00162. The van der Waals surface area contributed by atoms with Gasteiger partial charge in [-0.2, -0.15) is 5.10 Å². The summed E-state index contributed by atoms with van der Waals surface area (Å²) in [5.74, 6) is 0.462. The van der Waals surface area contributed by atoms with E-state index < -0.39 is 0 Å². The third-order valence-electron chi connectivity index (χ3n) is 3.74. The first-order valence-corrected chi connectivity index (χ1v) is 7.55. The maximum Gasteiger partial charge on any atom is 0.287 e. The topological polar surface area (TPSA) is 56.1 Å². The van der Waals surface area contributed by atoms with Crippen molar-refractivity contribution in [2.45, 2.75) is 45.8 Å². The van der Waals surface area contributed by atoms with Gasteiger partial charge in [-0.05, 0) is 26.7 Å². The lowest BCUT2D eigenvalue weighted by Gasteiger charge is -2.18. The summed E-state index contributed by atoms with van der Waals surface area (Å²) in [7, 11) is 0. The van der Waals surface area contributed by atoms with E-state index in [-0.39, 0.29) is 16.6 Å². The second-order valence-electron chi connectivity index (χ2n) is 5.46. The molecule has 0 aliphatic carbocycles. The third kappa shape index (κ3) is 3.15. The molecule has 1 fully saturated rings. The fourth-order valence-electron chi connectivity index (χ4n) is 2.55. The minimum atomic E-state index is -0.249. The Labute approximate surface area is 124 Å². The number of anilines is 1. The molecule has 6 heteroatoms. The van der Waals surface area contributed by atoms with Gasteiger partial charge in [-0.3, -0.25) is 4.79 Å². The van der Waals surface area contributed by atoms with E-state index in [1.165, 1.54) is 4.68 Å².